The van der Waals surface area contributed by atoms with E-state index < -0.39 is 36.5 Å². The average Bonchev–Trinajstić information content (AvgIpc) is 3.31. The van der Waals surface area contributed by atoms with Gasteiger partial charge in [-0.25, -0.2) is 17.5 Å². The van der Waals surface area contributed by atoms with Gasteiger partial charge in [-0.15, -0.1) is 0 Å². The largest absolute Gasteiger partial charge is 0.417 e. The van der Waals surface area contributed by atoms with Crippen molar-refractivity contribution in [2.24, 2.45) is 0 Å². The lowest BCUT2D eigenvalue weighted by Gasteiger charge is -2.41. The lowest BCUT2D eigenvalue weighted by molar-refractivity contribution is 0.0744. The second-order valence-corrected chi connectivity index (χ2v) is 19.9. The van der Waals surface area contributed by atoms with Crippen molar-refractivity contribution in [1.82, 2.24) is 9.21 Å². The maximum Gasteiger partial charge on any atom is 0.417 e. The van der Waals surface area contributed by atoms with Crippen molar-refractivity contribution in [1.29, 1.82) is 0 Å². The molecular formula is C34H42N2O5SSi. The molecular weight excluding hydrogens is 577 g/mol. The zero-order chi connectivity index (χ0) is 31.3. The van der Waals surface area contributed by atoms with Crippen LogP contribution >= 0.6 is 0 Å². The third-order valence-electron chi connectivity index (χ3n) is 9.12. The van der Waals surface area contributed by atoms with E-state index in [1.54, 1.807) is 29.2 Å². The molecule has 9 heteroatoms. The van der Waals surface area contributed by atoms with Gasteiger partial charge in [0.05, 0.1) is 23.1 Å². The zero-order valence-electron chi connectivity index (χ0n) is 26.3. The molecule has 43 heavy (non-hydrogen) atoms. The van der Waals surface area contributed by atoms with Crippen LogP contribution in [-0.4, -0.2) is 51.2 Å². The zero-order valence-corrected chi connectivity index (χ0v) is 28.1. The van der Waals surface area contributed by atoms with Crippen LogP contribution in [0.25, 0.3) is 5.57 Å². The summed E-state index contributed by atoms with van der Waals surface area (Å²) < 4.78 is 42.0. The molecule has 1 amide bonds. The SMILES string of the molecule is Cc1ccc([C@@H]2[C@@H](O[Si](C)(C)C(C)(C)C)CC3C(c4ccccc4)=C(N(C)S(=O)(=O)c4ccc(C)cc4)OC(=O)N32)cc1. The predicted molar refractivity (Wildman–Crippen MR) is 172 cm³/mol. The highest BCUT2D eigenvalue weighted by molar-refractivity contribution is 7.89. The van der Waals surface area contributed by atoms with Crippen molar-refractivity contribution in [2.45, 2.75) is 82.3 Å². The minimum Gasteiger partial charge on any atom is -0.411 e. The third kappa shape index (κ3) is 5.78. The third-order valence-corrected chi connectivity index (χ3v) is 15.4. The lowest BCUT2D eigenvalue weighted by atomic mass is 9.95. The second kappa shape index (κ2) is 11.3. The number of sulfonamides is 1. The topological polar surface area (TPSA) is 76.1 Å². The molecule has 7 nitrogen and oxygen atoms in total. The van der Waals surface area contributed by atoms with Gasteiger partial charge >= 0.3 is 6.09 Å². The van der Waals surface area contributed by atoms with E-state index in [-0.39, 0.29) is 21.9 Å². The van der Waals surface area contributed by atoms with Gasteiger partial charge in [0.15, 0.2) is 8.32 Å². The number of aryl methyl sites for hydroxylation is 2. The lowest BCUT2D eigenvalue weighted by Crippen LogP contribution is -2.47. The molecule has 3 atom stereocenters. The quantitative estimate of drug-likeness (QED) is 0.254. The number of fused-ring (bicyclic) bond motifs is 1. The maximum atomic E-state index is 14.0. The summed E-state index contributed by atoms with van der Waals surface area (Å²) in [5.41, 5.74) is 4.48. The molecule has 2 aliphatic heterocycles. The average molecular weight is 619 g/mol. The van der Waals surface area contributed by atoms with E-state index in [4.69, 9.17) is 9.16 Å². The Balaban J connectivity index is 1.68. The molecule has 1 fully saturated rings. The molecule has 1 unspecified atom stereocenters. The molecule has 1 saturated heterocycles. The second-order valence-electron chi connectivity index (χ2n) is 13.2. The number of carbonyl (C=O) groups is 1. The van der Waals surface area contributed by atoms with Gasteiger partial charge in [0.25, 0.3) is 10.0 Å². The molecule has 0 radical (unpaired) electrons. The molecule has 0 aliphatic carbocycles. The van der Waals surface area contributed by atoms with Gasteiger partial charge in [-0.2, -0.15) is 0 Å². The summed E-state index contributed by atoms with van der Waals surface area (Å²) in [6.45, 7) is 15.0. The van der Waals surface area contributed by atoms with Crippen molar-refractivity contribution >= 4 is 30.0 Å². The monoisotopic (exact) mass is 618 g/mol. The van der Waals surface area contributed by atoms with Crippen LogP contribution in [0.15, 0.2) is 89.6 Å². The van der Waals surface area contributed by atoms with Gasteiger partial charge in [-0.3, -0.25) is 4.90 Å². The van der Waals surface area contributed by atoms with Gasteiger partial charge in [0.2, 0.25) is 5.88 Å². The summed E-state index contributed by atoms with van der Waals surface area (Å²) in [5, 5.41) is -0.0416. The molecule has 5 rings (SSSR count). The number of hydrogen-bond acceptors (Lipinski definition) is 5. The first kappa shape index (κ1) is 31.0. The van der Waals surface area contributed by atoms with Crippen molar-refractivity contribution in [3.8, 4) is 0 Å². The van der Waals surface area contributed by atoms with Crippen LogP contribution in [0.2, 0.25) is 18.1 Å². The Bertz CT molecular complexity index is 1630. The number of carbonyl (C=O) groups excluding carboxylic acids is 1. The molecule has 0 bridgehead atoms. The summed E-state index contributed by atoms with van der Waals surface area (Å²) in [6, 6.07) is 23.6. The predicted octanol–water partition coefficient (Wildman–Crippen LogP) is 7.65. The molecule has 0 aromatic heterocycles. The van der Waals surface area contributed by atoms with E-state index in [0.29, 0.717) is 12.0 Å². The Morgan fingerprint density at radius 3 is 2.02 bits per heavy atom. The van der Waals surface area contributed by atoms with Gasteiger partial charge in [0.1, 0.15) is 0 Å². The van der Waals surface area contributed by atoms with Gasteiger partial charge in [0, 0.05) is 12.6 Å². The van der Waals surface area contributed by atoms with Crippen LogP contribution in [-0.2, 0) is 19.2 Å². The standard InChI is InChI=1S/C34H42N2O5SSi/c1-23-14-18-26(19-15-23)31-29(41-43(7,8)34(3,4)5)22-28-30(25-12-10-9-11-13-25)32(40-33(37)36(28)31)35(6)42(38,39)27-20-16-24(2)17-21-27/h9-21,28-29,31H,22H2,1-8H3/t28?,29-,31+/m0/s1. The van der Waals surface area contributed by atoms with Crippen LogP contribution in [0.3, 0.4) is 0 Å². The summed E-state index contributed by atoms with van der Waals surface area (Å²) in [5.74, 6) is 0.0219. The first-order valence-electron chi connectivity index (χ1n) is 14.7. The van der Waals surface area contributed by atoms with Crippen molar-refractivity contribution in [3.05, 3.63) is 107 Å². The Morgan fingerprint density at radius 2 is 1.47 bits per heavy atom. The van der Waals surface area contributed by atoms with Crippen molar-refractivity contribution in [2.75, 3.05) is 7.05 Å². The molecule has 3 aromatic carbocycles. The first-order valence-corrected chi connectivity index (χ1v) is 19.1. The fraction of sp³-hybridized carbons (Fsp3) is 0.382. The molecule has 2 aliphatic rings. The van der Waals surface area contributed by atoms with E-state index in [9.17, 15) is 13.2 Å². The van der Waals surface area contributed by atoms with Crippen LogP contribution < -0.4 is 0 Å². The number of cyclic esters (lactones) is 1. The van der Waals surface area contributed by atoms with Crippen molar-refractivity contribution < 1.29 is 22.4 Å². The highest BCUT2D eigenvalue weighted by Crippen LogP contribution is 2.50. The summed E-state index contributed by atoms with van der Waals surface area (Å²) >= 11 is 0. The Morgan fingerprint density at radius 1 is 0.907 bits per heavy atom. The maximum absolute atomic E-state index is 14.0. The van der Waals surface area contributed by atoms with E-state index >= 15 is 0 Å². The molecule has 0 spiro atoms. The molecule has 228 valence electrons. The van der Waals surface area contributed by atoms with Crippen LogP contribution in [0.1, 0.15) is 55.5 Å². The summed E-state index contributed by atoms with van der Waals surface area (Å²) in [7, 11) is -4.84. The smallest absolute Gasteiger partial charge is 0.411 e. The van der Waals surface area contributed by atoms with Gasteiger partial charge < -0.3 is 9.16 Å². The Hall–Kier alpha value is -3.40. The highest BCUT2D eigenvalue weighted by Gasteiger charge is 2.54. The van der Waals surface area contributed by atoms with Crippen LogP contribution in [0, 0.1) is 13.8 Å². The molecule has 2 heterocycles. The minimum atomic E-state index is -4.03. The molecule has 0 saturated carbocycles. The van der Waals surface area contributed by atoms with E-state index in [2.05, 4.69) is 33.9 Å². The molecule has 0 N–H and O–H groups in total. The fourth-order valence-electron chi connectivity index (χ4n) is 5.62. The van der Waals surface area contributed by atoms with E-state index in [1.165, 1.54) is 7.05 Å². The van der Waals surface area contributed by atoms with Gasteiger partial charge in [-0.1, -0.05) is 98.6 Å². The number of hydrogen-bond donors (Lipinski definition) is 0. The first-order chi connectivity index (χ1) is 20.1. The minimum absolute atomic E-state index is 0.0219. The number of rotatable bonds is 7. The Kier molecular flexibility index (Phi) is 8.13. The normalized spacial score (nSPS) is 21.1. The van der Waals surface area contributed by atoms with E-state index in [0.717, 1.165) is 26.6 Å². The number of ether oxygens (including phenoxy) is 1. The van der Waals surface area contributed by atoms with Crippen LogP contribution in [0.5, 0.6) is 0 Å². The number of benzene rings is 3. The summed E-state index contributed by atoms with van der Waals surface area (Å²) in [4.78, 5) is 15.9. The summed E-state index contributed by atoms with van der Waals surface area (Å²) in [6.07, 6.45) is -0.387. The fourth-order valence-corrected chi connectivity index (χ4v) is 8.10. The highest BCUT2D eigenvalue weighted by atomic mass is 32.2. The van der Waals surface area contributed by atoms with Crippen LogP contribution in [0.4, 0.5) is 4.79 Å². The number of nitrogens with zero attached hydrogens (tertiary/aromatic N) is 2. The molecule has 3 aromatic rings. The number of amides is 1. The van der Waals surface area contributed by atoms with Crippen molar-refractivity contribution in [3.63, 3.8) is 0 Å². The van der Waals surface area contributed by atoms with Gasteiger partial charge in [-0.05, 0) is 61.7 Å². The Labute approximate surface area is 257 Å². The van der Waals surface area contributed by atoms with E-state index in [1.807, 2.05) is 68.4 Å².